The highest BCUT2D eigenvalue weighted by molar-refractivity contribution is 5.98. The van der Waals surface area contributed by atoms with Gasteiger partial charge >= 0.3 is 0 Å². The van der Waals surface area contributed by atoms with E-state index in [1.807, 2.05) is 43.0 Å². The van der Waals surface area contributed by atoms with Gasteiger partial charge in [0.25, 0.3) is 11.7 Å². The van der Waals surface area contributed by atoms with Gasteiger partial charge in [-0.25, -0.2) is 4.98 Å². The van der Waals surface area contributed by atoms with Crippen LogP contribution in [-0.2, 0) is 0 Å². The summed E-state index contributed by atoms with van der Waals surface area (Å²) in [6, 6.07) is 5.38. The maximum absolute atomic E-state index is 15.3. The van der Waals surface area contributed by atoms with Gasteiger partial charge in [0.2, 0.25) is 5.82 Å². The number of quaternary nitrogens is 1. The summed E-state index contributed by atoms with van der Waals surface area (Å²) in [5, 5.41) is 3.16. The van der Waals surface area contributed by atoms with E-state index in [0.717, 1.165) is 24.9 Å². The molecule has 1 aliphatic rings. The molecule has 0 aliphatic heterocycles. The number of carbonyl (C=O) groups is 1. The highest BCUT2D eigenvalue weighted by Crippen LogP contribution is 2.35. The number of hydrogen-bond donors (Lipinski definition) is 2. The number of primary amides is 1. The molecular weight excluding hydrogens is 409 g/mol. The van der Waals surface area contributed by atoms with Crippen LogP contribution >= 0.6 is 0 Å². The summed E-state index contributed by atoms with van der Waals surface area (Å²) in [5.74, 6) is -0.720. The fourth-order valence-corrected chi connectivity index (χ4v) is 4.90. The first kappa shape index (κ1) is 22.2. The molecule has 3 aromatic heterocycles. The van der Waals surface area contributed by atoms with Gasteiger partial charge in [0, 0.05) is 25.0 Å². The van der Waals surface area contributed by atoms with E-state index in [1.54, 1.807) is 6.20 Å². The van der Waals surface area contributed by atoms with Crippen LogP contribution in [0.4, 0.5) is 21.7 Å². The minimum atomic E-state index is -0.733. The fourth-order valence-electron chi connectivity index (χ4n) is 4.90. The van der Waals surface area contributed by atoms with Crippen LogP contribution in [0.3, 0.4) is 0 Å². The second-order valence-corrected chi connectivity index (χ2v) is 9.21. The molecule has 1 fully saturated rings. The minimum Gasteiger partial charge on any atom is -0.365 e. The van der Waals surface area contributed by atoms with Crippen molar-refractivity contribution in [2.75, 3.05) is 33.5 Å². The lowest BCUT2D eigenvalue weighted by atomic mass is 9.87. The summed E-state index contributed by atoms with van der Waals surface area (Å²) in [6.45, 7) is 0. The van der Waals surface area contributed by atoms with Gasteiger partial charge in [0.15, 0.2) is 0 Å². The Hall–Kier alpha value is -3.04. The molecule has 4 rings (SSSR count). The van der Waals surface area contributed by atoms with Gasteiger partial charge in [-0.1, -0.05) is 6.42 Å². The predicted octanol–water partition coefficient (Wildman–Crippen LogP) is 3.15. The first-order valence-corrected chi connectivity index (χ1v) is 10.9. The van der Waals surface area contributed by atoms with Crippen LogP contribution in [0.1, 0.15) is 36.0 Å². The van der Waals surface area contributed by atoms with Crippen molar-refractivity contribution in [3.63, 3.8) is 0 Å². The Labute approximate surface area is 187 Å². The third-order valence-electron chi connectivity index (χ3n) is 6.61. The Bertz CT molecular complexity index is 1140. The zero-order chi connectivity index (χ0) is 23.0. The van der Waals surface area contributed by atoms with E-state index in [0.29, 0.717) is 17.5 Å². The predicted molar refractivity (Wildman–Crippen MR) is 125 cm³/mol. The van der Waals surface area contributed by atoms with Crippen molar-refractivity contribution >= 4 is 28.9 Å². The number of carbonyl (C=O) groups excluding carboxylic acids is 1. The molecule has 8 nitrogen and oxygen atoms in total. The number of pyridine rings is 2. The van der Waals surface area contributed by atoms with Gasteiger partial charge < -0.3 is 20.4 Å². The van der Waals surface area contributed by atoms with Crippen LogP contribution in [0.25, 0.3) is 5.65 Å². The number of nitrogens with zero attached hydrogens (tertiary/aromatic N) is 5. The number of rotatable bonds is 6. The van der Waals surface area contributed by atoms with E-state index in [4.69, 9.17) is 5.73 Å². The second kappa shape index (κ2) is 8.48. The number of likely N-dealkylation sites (N-methyl/N-ethyl adjacent to an activating group) is 2. The van der Waals surface area contributed by atoms with Crippen LogP contribution in [0, 0.1) is 5.82 Å². The number of nitrogens with one attached hydrogen (secondary N) is 1. The molecule has 1 saturated carbocycles. The Kier molecular flexibility index (Phi) is 5.87. The average molecular weight is 441 g/mol. The molecule has 3 N–H and O–H groups in total. The molecule has 2 atom stereocenters. The zero-order valence-electron chi connectivity index (χ0n) is 19.0. The van der Waals surface area contributed by atoms with E-state index in [2.05, 4.69) is 34.3 Å². The smallest absolute Gasteiger partial charge is 0.265 e. The summed E-state index contributed by atoms with van der Waals surface area (Å²) in [5.41, 5.74) is 7.07. The molecule has 0 saturated heterocycles. The average Bonchev–Trinajstić information content (AvgIpc) is 3.22. The third-order valence-corrected chi connectivity index (χ3v) is 6.61. The lowest BCUT2D eigenvalue weighted by Gasteiger charge is -2.45. The van der Waals surface area contributed by atoms with Crippen molar-refractivity contribution in [2.24, 2.45) is 5.73 Å². The standard InChI is InChI=1S/C23H30FN7O/c1-29(2)18-7-5-6-8-19(18)31(3,4)23-17(24)13-16(21(25)32)22(28-23)27-15-9-10-20-26-11-12-30(20)14-15/h9-14,18-19H,5-8H2,1-4H3,(H2-,25,27,28,32)/p+1. The second-order valence-electron chi connectivity index (χ2n) is 9.21. The zero-order valence-corrected chi connectivity index (χ0v) is 19.0. The Morgan fingerprint density at radius 3 is 2.75 bits per heavy atom. The van der Waals surface area contributed by atoms with Gasteiger partial charge in [0.05, 0.1) is 31.4 Å². The van der Waals surface area contributed by atoms with E-state index < -0.39 is 11.7 Å². The number of halogens is 1. The lowest BCUT2D eigenvalue weighted by molar-refractivity contribution is 0.0998. The van der Waals surface area contributed by atoms with Crippen LogP contribution in [0.2, 0.25) is 0 Å². The maximum atomic E-state index is 15.3. The molecule has 1 amide bonds. The summed E-state index contributed by atoms with van der Waals surface area (Å²) in [7, 11) is 8.12. The first-order valence-electron chi connectivity index (χ1n) is 10.9. The Morgan fingerprint density at radius 1 is 1.28 bits per heavy atom. The Balaban J connectivity index is 1.76. The fraction of sp³-hybridized carbons (Fsp3) is 0.435. The van der Waals surface area contributed by atoms with E-state index >= 15 is 4.39 Å². The molecule has 32 heavy (non-hydrogen) atoms. The summed E-state index contributed by atoms with van der Waals surface area (Å²) in [6.07, 6.45) is 9.68. The molecule has 0 radical (unpaired) electrons. The number of amides is 1. The molecule has 9 heteroatoms. The van der Waals surface area contributed by atoms with Gasteiger partial charge in [-0.05, 0) is 45.1 Å². The summed E-state index contributed by atoms with van der Waals surface area (Å²) >= 11 is 0. The van der Waals surface area contributed by atoms with Crippen molar-refractivity contribution in [1.82, 2.24) is 23.8 Å². The van der Waals surface area contributed by atoms with Crippen molar-refractivity contribution in [3.8, 4) is 0 Å². The number of fused-ring (bicyclic) bond motifs is 1. The monoisotopic (exact) mass is 440 g/mol. The lowest BCUT2D eigenvalue weighted by Crippen LogP contribution is -2.60. The molecule has 3 aromatic rings. The summed E-state index contributed by atoms with van der Waals surface area (Å²) in [4.78, 5) is 23.2. The maximum Gasteiger partial charge on any atom is 0.265 e. The quantitative estimate of drug-likeness (QED) is 0.575. The molecular formula is C23H31FN7O+. The van der Waals surface area contributed by atoms with Crippen LogP contribution < -0.4 is 15.5 Å². The van der Waals surface area contributed by atoms with Crippen LogP contribution in [0.15, 0.2) is 36.8 Å². The SMILES string of the molecule is CN(C)C1CCCCC1[N+](C)(C)c1nc(Nc2ccc3nccn3c2)c(C(N)=O)cc1F. The normalized spacial score (nSPS) is 19.4. The van der Waals surface area contributed by atoms with E-state index in [9.17, 15) is 4.79 Å². The number of aromatic nitrogens is 3. The summed E-state index contributed by atoms with van der Waals surface area (Å²) < 4.78 is 17.5. The topological polar surface area (TPSA) is 88.6 Å². The molecule has 3 heterocycles. The van der Waals surface area contributed by atoms with Gasteiger partial charge in [0.1, 0.15) is 17.5 Å². The third kappa shape index (κ3) is 4.05. The van der Waals surface area contributed by atoms with E-state index in [1.165, 1.54) is 12.5 Å². The highest BCUT2D eigenvalue weighted by atomic mass is 19.1. The van der Waals surface area contributed by atoms with Crippen LogP contribution in [-0.4, -0.2) is 65.5 Å². The number of imidazole rings is 1. The number of nitrogens with two attached hydrogens (primary N) is 1. The van der Waals surface area contributed by atoms with Gasteiger partial charge in [-0.15, -0.1) is 0 Å². The van der Waals surface area contributed by atoms with Crippen molar-refractivity contribution in [1.29, 1.82) is 0 Å². The van der Waals surface area contributed by atoms with Crippen molar-refractivity contribution in [2.45, 2.75) is 37.8 Å². The van der Waals surface area contributed by atoms with E-state index in [-0.39, 0.29) is 21.9 Å². The molecule has 1 aliphatic carbocycles. The molecule has 0 spiro atoms. The van der Waals surface area contributed by atoms with Gasteiger partial charge in [-0.2, -0.15) is 9.37 Å². The molecule has 170 valence electrons. The van der Waals surface area contributed by atoms with Crippen molar-refractivity contribution in [3.05, 3.63) is 48.2 Å². The molecule has 0 aromatic carbocycles. The Morgan fingerprint density at radius 2 is 2.03 bits per heavy atom. The highest BCUT2D eigenvalue weighted by Gasteiger charge is 2.43. The van der Waals surface area contributed by atoms with Crippen molar-refractivity contribution < 1.29 is 9.18 Å². The number of anilines is 2. The first-order chi connectivity index (χ1) is 15.2. The largest absolute Gasteiger partial charge is 0.365 e. The molecule has 2 unspecified atom stereocenters. The number of hydrogen-bond acceptors (Lipinski definition) is 5. The van der Waals surface area contributed by atoms with Gasteiger partial charge in [-0.3, -0.25) is 9.28 Å². The van der Waals surface area contributed by atoms with Crippen LogP contribution in [0.5, 0.6) is 0 Å². The minimum absolute atomic E-state index is 0.0183. The molecule has 0 bridgehead atoms.